The normalized spacial score (nSPS) is 16.8. The summed E-state index contributed by atoms with van der Waals surface area (Å²) in [6.07, 6.45) is 0. The van der Waals surface area contributed by atoms with Crippen LogP contribution in [0.1, 0.15) is 5.56 Å². The van der Waals surface area contributed by atoms with Gasteiger partial charge in [-0.15, -0.1) is 0 Å². The number of halogens is 1. The van der Waals surface area contributed by atoms with Gasteiger partial charge in [0.15, 0.2) is 4.80 Å². The summed E-state index contributed by atoms with van der Waals surface area (Å²) in [4.78, 5) is 32.5. The van der Waals surface area contributed by atoms with E-state index in [1.165, 1.54) is 28.0 Å². The molecule has 0 unspecified atom stereocenters. The quantitative estimate of drug-likeness (QED) is 0.690. The average Bonchev–Trinajstić information content (AvgIpc) is 3.22. The van der Waals surface area contributed by atoms with Gasteiger partial charge in [0.1, 0.15) is 29.4 Å². The van der Waals surface area contributed by atoms with Crippen molar-refractivity contribution in [3.05, 3.63) is 73.5 Å². The number of nitrogens with one attached hydrogen (secondary N) is 1. The summed E-state index contributed by atoms with van der Waals surface area (Å²) in [5.74, 6) is -0.0805. The number of aromatic nitrogens is 1. The van der Waals surface area contributed by atoms with Crippen molar-refractivity contribution in [1.82, 2.24) is 4.57 Å². The summed E-state index contributed by atoms with van der Waals surface area (Å²) < 4.78 is 20.7. The second kappa shape index (κ2) is 6.56. The Morgan fingerprint density at radius 1 is 1.21 bits per heavy atom. The van der Waals surface area contributed by atoms with E-state index in [9.17, 15) is 14.0 Å². The SMILES string of the molecule is COc1ccc2c(c1)/C(=c1/sc3n(c1=O)CN(c1cccc(F)c1)CN=3)C(=O)N2. The van der Waals surface area contributed by atoms with Crippen molar-refractivity contribution < 1.29 is 13.9 Å². The first-order chi connectivity index (χ1) is 14.0. The van der Waals surface area contributed by atoms with E-state index < -0.39 is 0 Å². The molecule has 0 bridgehead atoms. The zero-order valence-corrected chi connectivity index (χ0v) is 16.1. The fraction of sp³-hybridized carbons (Fsp3) is 0.150. The minimum absolute atomic E-state index is 0.234. The van der Waals surface area contributed by atoms with Gasteiger partial charge in [0.2, 0.25) is 0 Å². The molecule has 5 rings (SSSR count). The molecule has 3 heterocycles. The summed E-state index contributed by atoms with van der Waals surface area (Å²) in [5, 5.41) is 2.79. The van der Waals surface area contributed by atoms with Crippen molar-refractivity contribution in [3.63, 3.8) is 0 Å². The third-order valence-corrected chi connectivity index (χ3v) is 6.04. The van der Waals surface area contributed by atoms with E-state index in [4.69, 9.17) is 4.74 Å². The number of anilines is 2. The third kappa shape index (κ3) is 2.82. The van der Waals surface area contributed by atoms with Crippen LogP contribution in [0.25, 0.3) is 5.57 Å². The van der Waals surface area contributed by atoms with Crippen LogP contribution in [0.3, 0.4) is 0 Å². The van der Waals surface area contributed by atoms with Gasteiger partial charge in [0.25, 0.3) is 11.5 Å². The van der Waals surface area contributed by atoms with E-state index in [1.807, 2.05) is 0 Å². The Morgan fingerprint density at radius 2 is 2.07 bits per heavy atom. The lowest BCUT2D eigenvalue weighted by Gasteiger charge is -2.25. The number of fused-ring (bicyclic) bond motifs is 2. The Hall–Kier alpha value is -3.46. The molecule has 0 fully saturated rings. The first-order valence-electron chi connectivity index (χ1n) is 8.84. The number of carbonyl (C=O) groups is 1. The van der Waals surface area contributed by atoms with Crippen LogP contribution in [0, 0.1) is 5.82 Å². The van der Waals surface area contributed by atoms with Crippen molar-refractivity contribution >= 4 is 34.2 Å². The summed E-state index contributed by atoms with van der Waals surface area (Å²) >= 11 is 1.18. The number of benzene rings is 2. The van der Waals surface area contributed by atoms with Gasteiger partial charge in [-0.05, 0) is 36.4 Å². The molecule has 146 valence electrons. The number of hydrogen-bond donors (Lipinski definition) is 1. The van der Waals surface area contributed by atoms with Crippen LogP contribution in [0.15, 0.2) is 52.3 Å². The van der Waals surface area contributed by atoms with Crippen LogP contribution in [-0.2, 0) is 11.5 Å². The molecule has 2 aromatic carbocycles. The van der Waals surface area contributed by atoms with Crippen molar-refractivity contribution in [2.75, 3.05) is 24.0 Å². The molecule has 0 aliphatic carbocycles. The molecule has 1 amide bonds. The molecule has 0 saturated carbocycles. The molecule has 0 radical (unpaired) electrons. The minimum atomic E-state index is -0.351. The Morgan fingerprint density at radius 3 is 2.86 bits per heavy atom. The number of hydrogen-bond acceptors (Lipinski definition) is 6. The Balaban J connectivity index is 1.65. The number of methoxy groups -OCH3 is 1. The molecule has 0 spiro atoms. The van der Waals surface area contributed by atoms with E-state index in [1.54, 1.807) is 42.3 Å². The summed E-state index contributed by atoms with van der Waals surface area (Å²) in [6, 6.07) is 11.4. The average molecular weight is 410 g/mol. The lowest BCUT2D eigenvalue weighted by molar-refractivity contribution is -0.110. The fourth-order valence-corrected chi connectivity index (χ4v) is 4.55. The van der Waals surface area contributed by atoms with E-state index in [2.05, 4.69) is 10.3 Å². The fourth-order valence-electron chi connectivity index (χ4n) is 3.50. The topological polar surface area (TPSA) is 75.9 Å². The predicted octanol–water partition coefficient (Wildman–Crippen LogP) is 1.26. The van der Waals surface area contributed by atoms with Gasteiger partial charge < -0.3 is 15.0 Å². The van der Waals surface area contributed by atoms with Gasteiger partial charge in [-0.2, -0.15) is 0 Å². The smallest absolute Gasteiger partial charge is 0.272 e. The summed E-state index contributed by atoms with van der Waals surface area (Å²) in [7, 11) is 1.55. The Kier molecular flexibility index (Phi) is 3.99. The van der Waals surface area contributed by atoms with Crippen LogP contribution in [0.4, 0.5) is 15.8 Å². The molecule has 2 aliphatic rings. The van der Waals surface area contributed by atoms with Crippen molar-refractivity contribution in [1.29, 1.82) is 0 Å². The number of rotatable bonds is 2. The minimum Gasteiger partial charge on any atom is -0.497 e. The standard InChI is InChI=1S/C20H15FN4O3S/c1-28-13-5-6-15-14(8-13)16(18(26)23-15)17-19(27)25-10-24(9-22-20(25)29-17)12-4-2-3-11(21)7-12/h2-8H,9-10H2,1H3,(H,23,26)/b17-16-. The molecule has 29 heavy (non-hydrogen) atoms. The second-order valence-electron chi connectivity index (χ2n) is 6.65. The molecular weight excluding hydrogens is 395 g/mol. The highest BCUT2D eigenvalue weighted by atomic mass is 32.1. The van der Waals surface area contributed by atoms with Gasteiger partial charge in [0, 0.05) is 16.9 Å². The third-order valence-electron chi connectivity index (χ3n) is 4.92. The van der Waals surface area contributed by atoms with Crippen LogP contribution in [-0.4, -0.2) is 24.3 Å². The van der Waals surface area contributed by atoms with Crippen LogP contribution < -0.4 is 29.8 Å². The van der Waals surface area contributed by atoms with Gasteiger partial charge in [0.05, 0.1) is 12.7 Å². The molecule has 3 aromatic rings. The summed E-state index contributed by atoms with van der Waals surface area (Å²) in [6.45, 7) is 0.534. The van der Waals surface area contributed by atoms with Crippen LogP contribution >= 0.6 is 11.3 Å². The maximum absolute atomic E-state index is 13.6. The van der Waals surface area contributed by atoms with E-state index in [-0.39, 0.29) is 24.0 Å². The van der Waals surface area contributed by atoms with Crippen LogP contribution in [0.5, 0.6) is 5.75 Å². The molecule has 1 aromatic heterocycles. The zero-order chi connectivity index (χ0) is 20.1. The van der Waals surface area contributed by atoms with E-state index >= 15 is 0 Å². The maximum Gasteiger partial charge on any atom is 0.272 e. The molecule has 0 saturated heterocycles. The monoisotopic (exact) mass is 410 g/mol. The molecule has 2 aliphatic heterocycles. The molecule has 9 heteroatoms. The lowest BCUT2D eigenvalue weighted by Crippen LogP contribution is -2.43. The van der Waals surface area contributed by atoms with Gasteiger partial charge >= 0.3 is 0 Å². The summed E-state index contributed by atoms with van der Waals surface area (Å²) in [5.41, 5.74) is 1.94. The Labute approximate surface area is 168 Å². The first kappa shape index (κ1) is 17.6. The number of carbonyl (C=O) groups excluding carboxylic acids is 1. The van der Waals surface area contributed by atoms with E-state index in [0.717, 1.165) is 0 Å². The van der Waals surface area contributed by atoms with Crippen molar-refractivity contribution in [2.24, 2.45) is 4.99 Å². The highest BCUT2D eigenvalue weighted by Gasteiger charge is 2.28. The van der Waals surface area contributed by atoms with Crippen molar-refractivity contribution in [3.8, 4) is 5.75 Å². The largest absolute Gasteiger partial charge is 0.497 e. The zero-order valence-electron chi connectivity index (χ0n) is 15.3. The molecule has 7 nitrogen and oxygen atoms in total. The molecule has 1 N–H and O–H groups in total. The molecule has 0 atom stereocenters. The maximum atomic E-state index is 13.6. The predicted molar refractivity (Wildman–Crippen MR) is 107 cm³/mol. The lowest BCUT2D eigenvalue weighted by atomic mass is 10.1. The highest BCUT2D eigenvalue weighted by Crippen LogP contribution is 2.33. The number of ether oxygens (including phenoxy) is 1. The number of thiazole rings is 1. The number of nitrogens with zero attached hydrogens (tertiary/aromatic N) is 3. The Bertz CT molecular complexity index is 1340. The second-order valence-corrected chi connectivity index (χ2v) is 7.63. The highest BCUT2D eigenvalue weighted by molar-refractivity contribution is 7.07. The van der Waals surface area contributed by atoms with E-state index in [0.29, 0.717) is 44.3 Å². The van der Waals surface area contributed by atoms with Crippen molar-refractivity contribution in [2.45, 2.75) is 6.67 Å². The molecular formula is C20H15FN4O3S. The number of amides is 1. The van der Waals surface area contributed by atoms with Gasteiger partial charge in [-0.25, -0.2) is 9.38 Å². The van der Waals surface area contributed by atoms with Gasteiger partial charge in [-0.1, -0.05) is 17.4 Å². The first-order valence-corrected chi connectivity index (χ1v) is 9.65. The van der Waals surface area contributed by atoms with Gasteiger partial charge in [-0.3, -0.25) is 14.2 Å². The van der Waals surface area contributed by atoms with Crippen LogP contribution in [0.2, 0.25) is 0 Å².